The summed E-state index contributed by atoms with van der Waals surface area (Å²) in [6.07, 6.45) is 0. The first-order chi connectivity index (χ1) is 23.8. The van der Waals surface area contributed by atoms with Gasteiger partial charge in [0.25, 0.3) is 0 Å². The highest BCUT2D eigenvalue weighted by Crippen LogP contribution is 2.51. The average Bonchev–Trinajstić information content (AvgIpc) is 3.74. The molecule has 0 amide bonds. The molecule has 0 bridgehead atoms. The van der Waals surface area contributed by atoms with Gasteiger partial charge in [-0.1, -0.05) is 152 Å². The van der Waals surface area contributed by atoms with Crippen molar-refractivity contribution < 1.29 is 8.83 Å². The molecule has 10 aromatic rings. The number of furan rings is 2. The molecule has 48 heavy (non-hydrogen) atoms. The van der Waals surface area contributed by atoms with E-state index in [1.807, 2.05) is 18.2 Å². The molecule has 2 aromatic heterocycles. The van der Waals surface area contributed by atoms with Crippen LogP contribution in [0.2, 0.25) is 0 Å². The molecule has 2 heterocycles. The maximum absolute atomic E-state index is 6.98. The normalized spacial score (nSPS) is 11.8. The van der Waals surface area contributed by atoms with E-state index < -0.39 is 0 Å². The van der Waals surface area contributed by atoms with Gasteiger partial charge in [0.1, 0.15) is 11.3 Å². The maximum Gasteiger partial charge on any atom is 0.178 e. The summed E-state index contributed by atoms with van der Waals surface area (Å²) in [4.78, 5) is 0. The van der Waals surface area contributed by atoms with Gasteiger partial charge in [0.05, 0.1) is 0 Å². The Morgan fingerprint density at radius 3 is 1.42 bits per heavy atom. The summed E-state index contributed by atoms with van der Waals surface area (Å²) >= 11 is 0. The molecule has 8 aromatic carbocycles. The summed E-state index contributed by atoms with van der Waals surface area (Å²) in [7, 11) is 0. The van der Waals surface area contributed by atoms with Crippen molar-refractivity contribution in [1.29, 1.82) is 0 Å². The lowest BCUT2D eigenvalue weighted by Gasteiger charge is -2.20. The average molecular weight is 613 g/mol. The third-order valence-corrected chi connectivity index (χ3v) is 9.70. The Morgan fingerprint density at radius 1 is 0.271 bits per heavy atom. The van der Waals surface area contributed by atoms with Crippen molar-refractivity contribution in [2.75, 3.05) is 0 Å². The van der Waals surface area contributed by atoms with E-state index in [1.54, 1.807) is 0 Å². The SMILES string of the molecule is c1ccc(-c2ccccc2-c2c3ccccc3c(-c3c(-c4ccccc4)oc4c3ccc3c5ccccc5oc34)c3ccccc23)cc1. The van der Waals surface area contributed by atoms with Crippen LogP contribution in [-0.2, 0) is 0 Å². The molecule has 0 spiro atoms. The van der Waals surface area contributed by atoms with Gasteiger partial charge in [0.15, 0.2) is 11.2 Å². The van der Waals surface area contributed by atoms with E-state index in [4.69, 9.17) is 8.83 Å². The van der Waals surface area contributed by atoms with Crippen LogP contribution in [0.4, 0.5) is 0 Å². The van der Waals surface area contributed by atoms with Crippen molar-refractivity contribution in [3.05, 3.63) is 170 Å². The minimum Gasteiger partial charge on any atom is -0.452 e. The van der Waals surface area contributed by atoms with Crippen LogP contribution in [0.5, 0.6) is 0 Å². The van der Waals surface area contributed by atoms with Gasteiger partial charge in [0.2, 0.25) is 0 Å². The van der Waals surface area contributed by atoms with Gasteiger partial charge in [-0.2, -0.15) is 0 Å². The predicted octanol–water partition coefficient (Wildman–Crippen LogP) is 13.3. The van der Waals surface area contributed by atoms with Crippen molar-refractivity contribution in [2.45, 2.75) is 0 Å². The number of rotatable bonds is 4. The maximum atomic E-state index is 6.98. The third-order valence-electron chi connectivity index (χ3n) is 9.70. The smallest absolute Gasteiger partial charge is 0.178 e. The lowest BCUT2D eigenvalue weighted by molar-refractivity contribution is 0.612. The molecule has 0 saturated carbocycles. The number of para-hydroxylation sites is 1. The van der Waals surface area contributed by atoms with E-state index in [0.717, 1.165) is 55.4 Å². The lowest BCUT2D eigenvalue weighted by atomic mass is 9.83. The Balaban J connectivity index is 1.37. The molecule has 0 fully saturated rings. The van der Waals surface area contributed by atoms with Gasteiger partial charge < -0.3 is 8.83 Å². The van der Waals surface area contributed by atoms with Gasteiger partial charge in [-0.3, -0.25) is 0 Å². The van der Waals surface area contributed by atoms with Crippen molar-refractivity contribution in [2.24, 2.45) is 0 Å². The summed E-state index contributed by atoms with van der Waals surface area (Å²) in [6, 6.07) is 60.2. The fraction of sp³-hybridized carbons (Fsp3) is 0. The Bertz CT molecular complexity index is 2760. The largest absolute Gasteiger partial charge is 0.452 e. The summed E-state index contributed by atoms with van der Waals surface area (Å²) in [5, 5.41) is 7.94. The van der Waals surface area contributed by atoms with Crippen LogP contribution in [0, 0.1) is 0 Å². The highest BCUT2D eigenvalue weighted by molar-refractivity contribution is 6.27. The van der Waals surface area contributed by atoms with Crippen molar-refractivity contribution in [3.63, 3.8) is 0 Å². The van der Waals surface area contributed by atoms with E-state index >= 15 is 0 Å². The molecule has 0 aliphatic carbocycles. The molecule has 0 radical (unpaired) electrons. The van der Waals surface area contributed by atoms with Gasteiger partial charge in [-0.15, -0.1) is 0 Å². The standard InChI is InChI=1S/C46H28O2/c1-3-15-29(16-4-1)31-19-7-8-21-33(31)41-34-22-9-11-24-36(34)42(37-25-12-10-23-35(37)41)43-39-28-27-38-32-20-13-14-26-40(32)47-45(38)46(39)48-44(43)30-17-5-2-6-18-30/h1-28H. The van der Waals surface area contributed by atoms with Crippen molar-refractivity contribution >= 4 is 54.5 Å². The van der Waals surface area contributed by atoms with Gasteiger partial charge in [-0.25, -0.2) is 0 Å². The molecule has 0 aliphatic heterocycles. The molecule has 0 unspecified atom stereocenters. The highest BCUT2D eigenvalue weighted by atomic mass is 16.4. The molecule has 2 heteroatoms. The third kappa shape index (κ3) is 3.93. The van der Waals surface area contributed by atoms with Crippen LogP contribution in [0.15, 0.2) is 179 Å². The van der Waals surface area contributed by atoms with Crippen molar-refractivity contribution in [1.82, 2.24) is 0 Å². The van der Waals surface area contributed by atoms with E-state index in [2.05, 4.69) is 152 Å². The van der Waals surface area contributed by atoms with E-state index in [1.165, 1.54) is 43.8 Å². The Hall–Kier alpha value is -6.38. The number of hydrogen-bond acceptors (Lipinski definition) is 2. The Kier molecular flexibility index (Phi) is 5.91. The Morgan fingerprint density at radius 2 is 0.750 bits per heavy atom. The first-order valence-corrected chi connectivity index (χ1v) is 16.4. The van der Waals surface area contributed by atoms with Crippen LogP contribution in [0.1, 0.15) is 0 Å². The first kappa shape index (κ1) is 26.8. The minimum atomic E-state index is 0.768. The number of benzene rings is 8. The van der Waals surface area contributed by atoms with Gasteiger partial charge in [0, 0.05) is 32.8 Å². The van der Waals surface area contributed by atoms with Gasteiger partial charge in [-0.05, 0) is 62.0 Å². The molecule has 2 nitrogen and oxygen atoms in total. The minimum absolute atomic E-state index is 0.768. The quantitative estimate of drug-likeness (QED) is 0.185. The topological polar surface area (TPSA) is 26.3 Å². The second-order valence-corrected chi connectivity index (χ2v) is 12.3. The monoisotopic (exact) mass is 612 g/mol. The zero-order valence-corrected chi connectivity index (χ0v) is 26.0. The van der Waals surface area contributed by atoms with E-state index in [0.29, 0.717) is 0 Å². The van der Waals surface area contributed by atoms with Crippen molar-refractivity contribution in [3.8, 4) is 44.7 Å². The predicted molar refractivity (Wildman–Crippen MR) is 200 cm³/mol. The fourth-order valence-corrected chi connectivity index (χ4v) is 7.64. The molecule has 0 aliphatic rings. The van der Waals surface area contributed by atoms with Crippen LogP contribution in [0.3, 0.4) is 0 Å². The number of hydrogen-bond donors (Lipinski definition) is 0. The number of fused-ring (bicyclic) bond motifs is 7. The molecule has 0 saturated heterocycles. The van der Waals surface area contributed by atoms with Crippen LogP contribution in [-0.4, -0.2) is 0 Å². The summed E-state index contributed by atoms with van der Waals surface area (Å²) in [6.45, 7) is 0. The molecular weight excluding hydrogens is 585 g/mol. The second-order valence-electron chi connectivity index (χ2n) is 12.3. The molecule has 0 N–H and O–H groups in total. The zero-order valence-electron chi connectivity index (χ0n) is 26.0. The molecular formula is C46H28O2. The highest BCUT2D eigenvalue weighted by Gasteiger charge is 2.26. The molecule has 224 valence electrons. The van der Waals surface area contributed by atoms with E-state index in [9.17, 15) is 0 Å². The molecule has 0 atom stereocenters. The van der Waals surface area contributed by atoms with Gasteiger partial charge >= 0.3 is 0 Å². The van der Waals surface area contributed by atoms with Crippen LogP contribution in [0.25, 0.3) is 99.2 Å². The second kappa shape index (κ2) is 10.6. The van der Waals surface area contributed by atoms with E-state index in [-0.39, 0.29) is 0 Å². The fourth-order valence-electron chi connectivity index (χ4n) is 7.64. The lowest BCUT2D eigenvalue weighted by Crippen LogP contribution is -1.93. The summed E-state index contributed by atoms with van der Waals surface area (Å²) < 4.78 is 13.5. The zero-order chi connectivity index (χ0) is 31.6. The Labute approximate surface area is 277 Å². The summed E-state index contributed by atoms with van der Waals surface area (Å²) in [5.41, 5.74) is 10.5. The summed E-state index contributed by atoms with van der Waals surface area (Å²) in [5.74, 6) is 0.839. The van der Waals surface area contributed by atoms with Crippen LogP contribution < -0.4 is 0 Å². The first-order valence-electron chi connectivity index (χ1n) is 16.4. The molecule has 10 rings (SSSR count). The van der Waals surface area contributed by atoms with Crippen LogP contribution >= 0.6 is 0 Å².